The van der Waals surface area contributed by atoms with Gasteiger partial charge in [0.2, 0.25) is 0 Å². The van der Waals surface area contributed by atoms with Gasteiger partial charge in [0.25, 0.3) is 0 Å². The Labute approximate surface area is 208 Å². The number of benzene rings is 4. The molecular formula is C29H26N4O3. The van der Waals surface area contributed by atoms with Gasteiger partial charge in [0.15, 0.2) is 0 Å². The van der Waals surface area contributed by atoms with Crippen molar-refractivity contribution >= 4 is 33.5 Å². The van der Waals surface area contributed by atoms with Crippen LogP contribution in [-0.4, -0.2) is 29.5 Å². The highest BCUT2D eigenvalue weighted by Gasteiger charge is 2.19. The molecule has 0 atom stereocenters. The van der Waals surface area contributed by atoms with Crippen molar-refractivity contribution in [3.63, 3.8) is 0 Å². The Bertz CT molecular complexity index is 1570. The Morgan fingerprint density at radius 1 is 0.861 bits per heavy atom. The quantitative estimate of drug-likeness (QED) is 0.164. The molecule has 5 N–H and O–H groups in total. The lowest BCUT2D eigenvalue weighted by atomic mass is 10.0. The van der Waals surface area contributed by atoms with Crippen molar-refractivity contribution in [2.75, 3.05) is 13.2 Å². The molecule has 36 heavy (non-hydrogen) atoms. The van der Waals surface area contributed by atoms with E-state index in [0.717, 1.165) is 33.0 Å². The first kappa shape index (κ1) is 23.1. The van der Waals surface area contributed by atoms with E-state index >= 15 is 0 Å². The summed E-state index contributed by atoms with van der Waals surface area (Å²) in [5, 5.41) is 10.8. The first-order valence-electron chi connectivity index (χ1n) is 11.6. The topological polar surface area (TPSA) is 116 Å². The third-order valence-electron chi connectivity index (χ3n) is 6.00. The van der Waals surface area contributed by atoms with Crippen molar-refractivity contribution < 1.29 is 14.3 Å². The summed E-state index contributed by atoms with van der Waals surface area (Å²) in [6.07, 6.45) is 0. The summed E-state index contributed by atoms with van der Waals surface area (Å²) >= 11 is 0. The summed E-state index contributed by atoms with van der Waals surface area (Å²) in [4.78, 5) is 13.0. The van der Waals surface area contributed by atoms with Crippen LogP contribution in [0.25, 0.3) is 21.7 Å². The SMILES string of the molecule is N=C(N)c1ccc2cc(C(=O)OCCN)n(Cc3cc(Oc4ccccc4)cc4ccccc34)c2c1. The largest absolute Gasteiger partial charge is 0.460 e. The van der Waals surface area contributed by atoms with Gasteiger partial charge in [0, 0.05) is 29.6 Å². The normalized spacial score (nSPS) is 11.0. The van der Waals surface area contributed by atoms with Gasteiger partial charge in [-0.15, -0.1) is 0 Å². The van der Waals surface area contributed by atoms with Crippen LogP contribution in [0.3, 0.4) is 0 Å². The number of nitrogens with two attached hydrogens (primary N) is 2. The molecule has 0 fully saturated rings. The predicted octanol–water partition coefficient (Wildman–Crippen LogP) is 5.03. The molecule has 0 aliphatic heterocycles. The zero-order valence-electron chi connectivity index (χ0n) is 19.6. The van der Waals surface area contributed by atoms with E-state index in [1.54, 1.807) is 12.1 Å². The molecule has 7 nitrogen and oxygen atoms in total. The molecule has 0 unspecified atom stereocenters. The number of carbonyl (C=O) groups is 1. The Morgan fingerprint density at radius 3 is 2.42 bits per heavy atom. The van der Waals surface area contributed by atoms with Crippen molar-refractivity contribution in [1.82, 2.24) is 4.57 Å². The summed E-state index contributed by atoms with van der Waals surface area (Å²) in [5.41, 5.74) is 14.0. The van der Waals surface area contributed by atoms with Crippen molar-refractivity contribution in [3.05, 3.63) is 108 Å². The molecule has 180 valence electrons. The molecule has 0 saturated heterocycles. The molecule has 5 aromatic rings. The first-order chi connectivity index (χ1) is 17.5. The van der Waals surface area contributed by atoms with Crippen LogP contribution in [0.5, 0.6) is 11.5 Å². The average molecular weight is 479 g/mol. The predicted molar refractivity (Wildman–Crippen MR) is 142 cm³/mol. The molecule has 0 bridgehead atoms. The van der Waals surface area contributed by atoms with Crippen molar-refractivity contribution in [3.8, 4) is 11.5 Å². The summed E-state index contributed by atoms with van der Waals surface area (Å²) < 4.78 is 13.4. The van der Waals surface area contributed by atoms with Crippen LogP contribution in [0.15, 0.2) is 91.0 Å². The minimum atomic E-state index is -0.456. The van der Waals surface area contributed by atoms with E-state index in [2.05, 4.69) is 6.07 Å². The van der Waals surface area contributed by atoms with E-state index in [1.807, 2.05) is 77.4 Å². The first-order valence-corrected chi connectivity index (χ1v) is 11.6. The molecule has 0 radical (unpaired) electrons. The number of hydrogen-bond acceptors (Lipinski definition) is 5. The molecule has 5 rings (SSSR count). The molecule has 0 saturated carbocycles. The third-order valence-corrected chi connectivity index (χ3v) is 6.00. The molecule has 0 amide bonds. The van der Waals surface area contributed by atoms with E-state index in [1.165, 1.54) is 0 Å². The van der Waals surface area contributed by atoms with Crippen LogP contribution >= 0.6 is 0 Å². The molecule has 0 aliphatic carbocycles. The van der Waals surface area contributed by atoms with Crippen molar-refractivity contribution in [2.45, 2.75) is 6.54 Å². The lowest BCUT2D eigenvalue weighted by Crippen LogP contribution is -2.17. The minimum Gasteiger partial charge on any atom is -0.460 e. The van der Waals surface area contributed by atoms with Crippen LogP contribution in [0.2, 0.25) is 0 Å². The van der Waals surface area contributed by atoms with Crippen LogP contribution in [0.1, 0.15) is 21.6 Å². The van der Waals surface area contributed by atoms with Crippen LogP contribution in [0.4, 0.5) is 0 Å². The van der Waals surface area contributed by atoms with Gasteiger partial charge in [0.1, 0.15) is 29.6 Å². The number of fused-ring (bicyclic) bond motifs is 2. The molecule has 1 aromatic heterocycles. The highest BCUT2D eigenvalue weighted by atomic mass is 16.5. The third kappa shape index (κ3) is 4.64. The zero-order valence-corrected chi connectivity index (χ0v) is 19.6. The van der Waals surface area contributed by atoms with E-state index in [-0.39, 0.29) is 19.0 Å². The van der Waals surface area contributed by atoms with Crippen LogP contribution in [-0.2, 0) is 11.3 Å². The smallest absolute Gasteiger partial charge is 0.355 e. The second-order valence-corrected chi connectivity index (χ2v) is 8.45. The van der Waals surface area contributed by atoms with Crippen molar-refractivity contribution in [1.29, 1.82) is 5.41 Å². The summed E-state index contributed by atoms with van der Waals surface area (Å²) in [6, 6.07) is 28.9. The number of ether oxygens (including phenoxy) is 2. The van der Waals surface area contributed by atoms with Gasteiger partial charge in [-0.3, -0.25) is 5.41 Å². The van der Waals surface area contributed by atoms with Gasteiger partial charge >= 0.3 is 5.97 Å². The maximum Gasteiger partial charge on any atom is 0.355 e. The molecule has 1 heterocycles. The van der Waals surface area contributed by atoms with Gasteiger partial charge in [-0.2, -0.15) is 0 Å². The number of esters is 1. The summed E-state index contributed by atoms with van der Waals surface area (Å²) in [5.74, 6) is 0.938. The average Bonchev–Trinajstić information content (AvgIpc) is 3.25. The standard InChI is InChI=1S/C29H26N4O3/c30-12-13-35-29(34)27-16-20-10-11-21(28(31)32)17-26(20)33(27)18-22-15-24(36-23-7-2-1-3-8-23)14-19-6-4-5-9-25(19)22/h1-11,14-17H,12-13,18,30H2,(H3,31,32). The van der Waals surface area contributed by atoms with Gasteiger partial charge in [-0.1, -0.05) is 54.6 Å². The number of aromatic nitrogens is 1. The fourth-order valence-corrected chi connectivity index (χ4v) is 4.33. The van der Waals surface area contributed by atoms with Gasteiger partial charge < -0.3 is 25.5 Å². The number of nitrogens with zero attached hydrogens (tertiary/aromatic N) is 1. The van der Waals surface area contributed by atoms with Crippen molar-refractivity contribution in [2.24, 2.45) is 11.5 Å². The van der Waals surface area contributed by atoms with Gasteiger partial charge in [-0.25, -0.2) is 4.79 Å². The van der Waals surface area contributed by atoms with E-state index in [4.69, 9.17) is 26.4 Å². The van der Waals surface area contributed by atoms with Gasteiger partial charge in [0.05, 0.1) is 0 Å². The molecular weight excluding hydrogens is 452 g/mol. The monoisotopic (exact) mass is 478 g/mol. The second kappa shape index (κ2) is 9.93. The molecule has 4 aromatic carbocycles. The number of rotatable bonds is 8. The molecule has 0 spiro atoms. The van der Waals surface area contributed by atoms with E-state index < -0.39 is 5.97 Å². The summed E-state index contributed by atoms with van der Waals surface area (Å²) in [7, 11) is 0. The van der Waals surface area contributed by atoms with E-state index in [0.29, 0.717) is 23.6 Å². The maximum atomic E-state index is 13.0. The minimum absolute atomic E-state index is 0.0411. The maximum absolute atomic E-state index is 13.0. The van der Waals surface area contributed by atoms with E-state index in [9.17, 15) is 4.79 Å². The number of amidine groups is 1. The number of hydrogen-bond donors (Lipinski definition) is 3. The molecule has 7 heteroatoms. The number of para-hydroxylation sites is 1. The summed E-state index contributed by atoms with van der Waals surface area (Å²) in [6.45, 7) is 0.747. The number of nitrogen functional groups attached to an aromatic ring is 1. The van der Waals surface area contributed by atoms with Gasteiger partial charge in [-0.05, 0) is 52.7 Å². The Hall–Kier alpha value is -4.62. The Balaban J connectivity index is 1.65. The fourth-order valence-electron chi connectivity index (χ4n) is 4.33. The van der Waals surface area contributed by atoms with Crippen LogP contribution in [0, 0.1) is 5.41 Å². The Kier molecular flexibility index (Phi) is 6.38. The lowest BCUT2D eigenvalue weighted by molar-refractivity contribution is 0.0505. The van der Waals surface area contributed by atoms with Crippen LogP contribution < -0.4 is 16.2 Å². The lowest BCUT2D eigenvalue weighted by Gasteiger charge is -2.15. The zero-order chi connectivity index (χ0) is 25.1. The Morgan fingerprint density at radius 2 is 1.64 bits per heavy atom. The molecule has 0 aliphatic rings. The number of nitrogens with one attached hydrogen (secondary N) is 1. The number of carbonyl (C=O) groups excluding carboxylic acids is 1. The second-order valence-electron chi connectivity index (χ2n) is 8.45. The highest BCUT2D eigenvalue weighted by Crippen LogP contribution is 2.31. The fraction of sp³-hybridized carbons (Fsp3) is 0.103. The highest BCUT2D eigenvalue weighted by molar-refractivity contribution is 6.01.